The van der Waals surface area contributed by atoms with E-state index in [9.17, 15) is 14.4 Å². The van der Waals surface area contributed by atoms with Crippen LogP contribution in [0.2, 0.25) is 0 Å². The molecule has 0 saturated carbocycles. The Balaban J connectivity index is 1.75. The Bertz CT molecular complexity index is 876. The van der Waals surface area contributed by atoms with E-state index in [4.69, 9.17) is 0 Å². The number of nitrogens with zero attached hydrogens (tertiary/aromatic N) is 1. The molecule has 6 nitrogen and oxygen atoms in total. The van der Waals surface area contributed by atoms with Crippen molar-refractivity contribution in [1.29, 1.82) is 0 Å². The van der Waals surface area contributed by atoms with Gasteiger partial charge in [-0.1, -0.05) is 13.0 Å². The lowest BCUT2D eigenvalue weighted by molar-refractivity contribution is -0.118. The third-order valence-corrected chi connectivity index (χ3v) is 4.28. The number of rotatable bonds is 4. The van der Waals surface area contributed by atoms with Crippen LogP contribution in [0, 0.1) is 0 Å². The molecule has 2 N–H and O–H groups in total. The SMILES string of the molecule is CCC(=O)N1CCc2cc(C(=O)Nc3cccc(NC(C)=O)c3)ccc21. The van der Waals surface area contributed by atoms with E-state index in [0.29, 0.717) is 29.9 Å². The van der Waals surface area contributed by atoms with Gasteiger partial charge in [-0.3, -0.25) is 14.4 Å². The van der Waals surface area contributed by atoms with Crippen LogP contribution in [0.25, 0.3) is 0 Å². The first-order valence-electron chi connectivity index (χ1n) is 8.60. The topological polar surface area (TPSA) is 78.5 Å². The van der Waals surface area contributed by atoms with E-state index in [-0.39, 0.29) is 17.7 Å². The molecule has 2 aromatic carbocycles. The summed E-state index contributed by atoms with van der Waals surface area (Å²) in [6.45, 7) is 3.94. The zero-order chi connectivity index (χ0) is 18.7. The van der Waals surface area contributed by atoms with Crippen LogP contribution in [-0.4, -0.2) is 24.3 Å². The van der Waals surface area contributed by atoms with Crippen LogP contribution in [0.1, 0.15) is 36.2 Å². The molecule has 3 amide bonds. The molecule has 6 heteroatoms. The van der Waals surface area contributed by atoms with E-state index >= 15 is 0 Å². The molecule has 1 aliphatic heterocycles. The molecule has 0 fully saturated rings. The first-order chi connectivity index (χ1) is 12.5. The predicted molar refractivity (Wildman–Crippen MR) is 101 cm³/mol. The minimum Gasteiger partial charge on any atom is -0.326 e. The van der Waals surface area contributed by atoms with Gasteiger partial charge >= 0.3 is 0 Å². The normalized spacial score (nSPS) is 12.5. The first-order valence-corrected chi connectivity index (χ1v) is 8.60. The van der Waals surface area contributed by atoms with E-state index in [2.05, 4.69) is 10.6 Å². The molecule has 134 valence electrons. The number of carbonyl (C=O) groups excluding carboxylic acids is 3. The van der Waals surface area contributed by atoms with Crippen molar-refractivity contribution in [3.05, 3.63) is 53.6 Å². The Labute approximate surface area is 152 Å². The van der Waals surface area contributed by atoms with Gasteiger partial charge in [0.15, 0.2) is 0 Å². The zero-order valence-corrected chi connectivity index (χ0v) is 14.8. The standard InChI is InChI=1S/C20H21N3O3/c1-3-19(25)23-10-9-14-11-15(7-8-18(14)23)20(26)22-17-6-4-5-16(12-17)21-13(2)24/h4-8,11-12H,3,9-10H2,1-2H3,(H,21,24)(H,22,26). The molecule has 2 aromatic rings. The lowest BCUT2D eigenvalue weighted by atomic mass is 10.1. The fraction of sp³-hybridized carbons (Fsp3) is 0.250. The van der Waals surface area contributed by atoms with Crippen molar-refractivity contribution in [2.75, 3.05) is 22.1 Å². The number of hydrogen-bond acceptors (Lipinski definition) is 3. The fourth-order valence-electron chi connectivity index (χ4n) is 3.07. The number of amides is 3. The second-order valence-corrected chi connectivity index (χ2v) is 6.21. The molecule has 26 heavy (non-hydrogen) atoms. The average molecular weight is 351 g/mol. The molecule has 0 aromatic heterocycles. The van der Waals surface area contributed by atoms with Gasteiger partial charge in [0.05, 0.1) is 0 Å². The lowest BCUT2D eigenvalue weighted by Gasteiger charge is -2.16. The fourth-order valence-corrected chi connectivity index (χ4v) is 3.07. The van der Waals surface area contributed by atoms with Crippen LogP contribution in [0.3, 0.4) is 0 Å². The van der Waals surface area contributed by atoms with Crippen LogP contribution >= 0.6 is 0 Å². The van der Waals surface area contributed by atoms with E-state index in [1.54, 1.807) is 35.2 Å². The molecular formula is C20H21N3O3. The smallest absolute Gasteiger partial charge is 0.255 e. The molecule has 3 rings (SSSR count). The van der Waals surface area contributed by atoms with E-state index < -0.39 is 0 Å². The molecule has 0 unspecified atom stereocenters. The number of benzene rings is 2. The van der Waals surface area contributed by atoms with Gasteiger partial charge in [-0.2, -0.15) is 0 Å². The summed E-state index contributed by atoms with van der Waals surface area (Å²) in [7, 11) is 0. The third-order valence-electron chi connectivity index (χ3n) is 4.28. The molecule has 0 bridgehead atoms. The maximum atomic E-state index is 12.5. The molecule has 1 heterocycles. The van der Waals surface area contributed by atoms with Gasteiger partial charge in [0.1, 0.15) is 0 Å². The highest BCUT2D eigenvalue weighted by Crippen LogP contribution is 2.29. The van der Waals surface area contributed by atoms with Crippen LogP contribution < -0.4 is 15.5 Å². The maximum Gasteiger partial charge on any atom is 0.255 e. The van der Waals surface area contributed by atoms with Gasteiger partial charge in [-0.15, -0.1) is 0 Å². The van der Waals surface area contributed by atoms with Gasteiger partial charge in [0.2, 0.25) is 11.8 Å². The Morgan fingerprint density at radius 3 is 2.46 bits per heavy atom. The number of hydrogen-bond donors (Lipinski definition) is 2. The molecule has 0 radical (unpaired) electrons. The van der Waals surface area contributed by atoms with Crippen molar-refractivity contribution in [2.45, 2.75) is 26.7 Å². The number of anilines is 3. The Kier molecular flexibility index (Phi) is 5.02. The summed E-state index contributed by atoms with van der Waals surface area (Å²) in [6, 6.07) is 12.4. The van der Waals surface area contributed by atoms with Crippen LogP contribution in [-0.2, 0) is 16.0 Å². The van der Waals surface area contributed by atoms with Crippen molar-refractivity contribution in [3.8, 4) is 0 Å². The zero-order valence-electron chi connectivity index (χ0n) is 14.8. The van der Waals surface area contributed by atoms with E-state index in [1.165, 1.54) is 6.92 Å². The minimum absolute atomic E-state index is 0.0933. The highest BCUT2D eigenvalue weighted by atomic mass is 16.2. The van der Waals surface area contributed by atoms with Crippen molar-refractivity contribution in [1.82, 2.24) is 0 Å². The number of nitrogens with one attached hydrogen (secondary N) is 2. The van der Waals surface area contributed by atoms with Crippen LogP contribution in [0.15, 0.2) is 42.5 Å². The van der Waals surface area contributed by atoms with Crippen LogP contribution in [0.4, 0.5) is 17.1 Å². The highest BCUT2D eigenvalue weighted by molar-refractivity contribution is 6.05. The van der Waals surface area contributed by atoms with Gasteiger partial charge in [0.25, 0.3) is 5.91 Å². The molecule has 1 aliphatic rings. The van der Waals surface area contributed by atoms with E-state index in [0.717, 1.165) is 17.7 Å². The Hall–Kier alpha value is -3.15. The van der Waals surface area contributed by atoms with Gasteiger partial charge in [-0.25, -0.2) is 0 Å². The van der Waals surface area contributed by atoms with Gasteiger partial charge < -0.3 is 15.5 Å². The average Bonchev–Trinajstić information content (AvgIpc) is 3.04. The van der Waals surface area contributed by atoms with Crippen molar-refractivity contribution in [3.63, 3.8) is 0 Å². The number of fused-ring (bicyclic) bond motifs is 1. The molecule has 0 saturated heterocycles. The van der Waals surface area contributed by atoms with Crippen molar-refractivity contribution in [2.24, 2.45) is 0 Å². The monoisotopic (exact) mass is 351 g/mol. The number of carbonyl (C=O) groups is 3. The van der Waals surface area contributed by atoms with E-state index in [1.807, 2.05) is 19.1 Å². The van der Waals surface area contributed by atoms with Crippen molar-refractivity contribution < 1.29 is 14.4 Å². The van der Waals surface area contributed by atoms with Gasteiger partial charge in [-0.05, 0) is 48.4 Å². The van der Waals surface area contributed by atoms with Gasteiger partial charge in [0, 0.05) is 42.5 Å². The summed E-state index contributed by atoms with van der Waals surface area (Å²) in [5, 5.41) is 5.52. The predicted octanol–water partition coefficient (Wildman–Crippen LogP) is 3.20. The Morgan fingerprint density at radius 2 is 1.77 bits per heavy atom. The Morgan fingerprint density at radius 1 is 1.04 bits per heavy atom. The summed E-state index contributed by atoms with van der Waals surface area (Å²) < 4.78 is 0. The largest absolute Gasteiger partial charge is 0.326 e. The second kappa shape index (κ2) is 7.39. The summed E-state index contributed by atoms with van der Waals surface area (Å²) in [5.41, 5.74) is 3.66. The molecule has 0 aliphatic carbocycles. The third kappa shape index (κ3) is 3.74. The summed E-state index contributed by atoms with van der Waals surface area (Å²) in [5.74, 6) is -0.304. The maximum absolute atomic E-state index is 12.5. The summed E-state index contributed by atoms with van der Waals surface area (Å²) >= 11 is 0. The molecule has 0 spiro atoms. The highest BCUT2D eigenvalue weighted by Gasteiger charge is 2.24. The second-order valence-electron chi connectivity index (χ2n) is 6.21. The van der Waals surface area contributed by atoms with Crippen LogP contribution in [0.5, 0.6) is 0 Å². The van der Waals surface area contributed by atoms with Crippen molar-refractivity contribution >= 4 is 34.8 Å². The summed E-state index contributed by atoms with van der Waals surface area (Å²) in [4.78, 5) is 37.4. The molecular weight excluding hydrogens is 330 g/mol. The summed E-state index contributed by atoms with van der Waals surface area (Å²) in [6.07, 6.45) is 1.21. The first kappa shape index (κ1) is 17.7. The molecule has 0 atom stereocenters. The minimum atomic E-state index is -0.229. The quantitative estimate of drug-likeness (QED) is 0.888. The lowest BCUT2D eigenvalue weighted by Crippen LogP contribution is -2.27.